The van der Waals surface area contributed by atoms with Crippen molar-refractivity contribution in [2.24, 2.45) is 0 Å². The second-order valence-electron chi connectivity index (χ2n) is 6.67. The van der Waals surface area contributed by atoms with Crippen LogP contribution in [-0.4, -0.2) is 18.9 Å². The van der Waals surface area contributed by atoms with Gasteiger partial charge in [-0.15, -0.1) is 0 Å². The van der Waals surface area contributed by atoms with E-state index in [9.17, 15) is 14.0 Å². The number of hydrogen-bond acceptors (Lipinski definition) is 3. The van der Waals surface area contributed by atoms with E-state index < -0.39 is 11.7 Å². The molecule has 5 nitrogen and oxygen atoms in total. The number of aryl methyl sites for hydroxylation is 1. The molecule has 160 valence electrons. The Bertz CT molecular complexity index is 1120. The van der Waals surface area contributed by atoms with E-state index in [-0.39, 0.29) is 28.6 Å². The van der Waals surface area contributed by atoms with Crippen molar-refractivity contribution in [3.63, 3.8) is 0 Å². The van der Waals surface area contributed by atoms with Gasteiger partial charge in [0.15, 0.2) is 0 Å². The van der Waals surface area contributed by atoms with Gasteiger partial charge in [-0.3, -0.25) is 9.59 Å². The van der Waals surface area contributed by atoms with Crippen molar-refractivity contribution in [3.8, 4) is 5.75 Å². The monoisotopic (exact) mass is 460 g/mol. The van der Waals surface area contributed by atoms with Crippen LogP contribution in [0.25, 0.3) is 0 Å². The van der Waals surface area contributed by atoms with Crippen LogP contribution in [0.15, 0.2) is 60.7 Å². The number of hydrogen-bond donors (Lipinski definition) is 2. The summed E-state index contributed by atoms with van der Waals surface area (Å²) in [5.74, 6) is -1.25. The van der Waals surface area contributed by atoms with Gasteiger partial charge in [0.25, 0.3) is 5.91 Å². The molecule has 3 rings (SSSR count). The molecule has 0 saturated heterocycles. The number of halogens is 3. The highest BCUT2D eigenvalue weighted by Gasteiger charge is 2.15. The van der Waals surface area contributed by atoms with Crippen LogP contribution in [0.4, 0.5) is 15.8 Å². The lowest BCUT2D eigenvalue weighted by Gasteiger charge is -2.13. The van der Waals surface area contributed by atoms with Gasteiger partial charge in [0, 0.05) is 22.2 Å². The van der Waals surface area contributed by atoms with Crippen LogP contribution in [0.3, 0.4) is 0 Å². The van der Waals surface area contributed by atoms with Gasteiger partial charge in [-0.25, -0.2) is 4.39 Å². The Morgan fingerprint density at radius 1 is 0.968 bits per heavy atom. The normalized spacial score (nSPS) is 10.5. The third-order valence-corrected chi connectivity index (χ3v) is 4.91. The smallest absolute Gasteiger partial charge is 0.258 e. The summed E-state index contributed by atoms with van der Waals surface area (Å²) in [4.78, 5) is 24.8. The molecule has 0 spiro atoms. The zero-order valence-electron chi connectivity index (χ0n) is 16.5. The number of benzene rings is 3. The van der Waals surface area contributed by atoms with E-state index in [1.54, 1.807) is 24.3 Å². The highest BCUT2D eigenvalue weighted by Crippen LogP contribution is 2.29. The molecule has 0 aliphatic rings. The molecule has 3 aromatic carbocycles. The Balaban J connectivity index is 1.69. The van der Waals surface area contributed by atoms with E-state index >= 15 is 0 Å². The first-order chi connectivity index (χ1) is 14.9. The Hall–Kier alpha value is -3.09. The SMILES string of the molecule is COc1ccc(NC(=O)CCc2cccc(Cl)c2)cc1NC(=O)c1ccc(Cl)cc1F. The first-order valence-electron chi connectivity index (χ1n) is 9.34. The quantitative estimate of drug-likeness (QED) is 0.456. The first-order valence-corrected chi connectivity index (χ1v) is 10.1. The second-order valence-corrected chi connectivity index (χ2v) is 7.54. The van der Waals surface area contributed by atoms with Gasteiger partial charge in [0.1, 0.15) is 11.6 Å². The summed E-state index contributed by atoms with van der Waals surface area (Å²) < 4.78 is 19.3. The van der Waals surface area contributed by atoms with Gasteiger partial charge in [-0.1, -0.05) is 35.3 Å². The average molecular weight is 461 g/mol. The van der Waals surface area contributed by atoms with Crippen molar-refractivity contribution in [2.75, 3.05) is 17.7 Å². The lowest BCUT2D eigenvalue weighted by molar-refractivity contribution is -0.116. The van der Waals surface area contributed by atoms with Gasteiger partial charge in [0.2, 0.25) is 5.91 Å². The van der Waals surface area contributed by atoms with Crippen LogP contribution in [-0.2, 0) is 11.2 Å². The number of ether oxygens (including phenoxy) is 1. The third kappa shape index (κ3) is 6.20. The average Bonchev–Trinajstić information content (AvgIpc) is 2.72. The Kier molecular flexibility index (Phi) is 7.50. The maximum atomic E-state index is 14.0. The Labute approximate surface area is 189 Å². The summed E-state index contributed by atoms with van der Waals surface area (Å²) in [6, 6.07) is 15.9. The summed E-state index contributed by atoms with van der Waals surface area (Å²) in [5, 5.41) is 6.19. The minimum atomic E-state index is -0.741. The lowest BCUT2D eigenvalue weighted by atomic mass is 10.1. The van der Waals surface area contributed by atoms with Crippen LogP contribution >= 0.6 is 23.2 Å². The van der Waals surface area contributed by atoms with Crippen molar-refractivity contribution in [2.45, 2.75) is 12.8 Å². The van der Waals surface area contributed by atoms with E-state index in [4.69, 9.17) is 27.9 Å². The number of anilines is 2. The predicted octanol–water partition coefficient (Wildman–Crippen LogP) is 5.96. The highest BCUT2D eigenvalue weighted by molar-refractivity contribution is 6.31. The molecular weight excluding hydrogens is 442 g/mol. The molecule has 0 aliphatic heterocycles. The molecule has 0 aromatic heterocycles. The van der Waals surface area contributed by atoms with Crippen LogP contribution in [0.5, 0.6) is 5.75 Å². The second kappa shape index (κ2) is 10.3. The van der Waals surface area contributed by atoms with Crippen molar-refractivity contribution in [3.05, 3.63) is 87.7 Å². The summed E-state index contributed by atoms with van der Waals surface area (Å²) in [5.41, 5.74) is 1.54. The molecule has 31 heavy (non-hydrogen) atoms. The highest BCUT2D eigenvalue weighted by atomic mass is 35.5. The third-order valence-electron chi connectivity index (χ3n) is 4.44. The van der Waals surface area contributed by atoms with Gasteiger partial charge in [-0.2, -0.15) is 0 Å². The van der Waals surface area contributed by atoms with Crippen molar-refractivity contribution >= 4 is 46.4 Å². The van der Waals surface area contributed by atoms with Gasteiger partial charge < -0.3 is 15.4 Å². The van der Waals surface area contributed by atoms with Crippen LogP contribution in [0.2, 0.25) is 10.0 Å². The van der Waals surface area contributed by atoms with E-state index in [1.807, 2.05) is 18.2 Å². The summed E-state index contributed by atoms with van der Waals surface area (Å²) in [7, 11) is 1.44. The molecule has 0 saturated carbocycles. The van der Waals surface area contributed by atoms with E-state index in [1.165, 1.54) is 19.2 Å². The molecule has 0 fully saturated rings. The first kappa shape index (κ1) is 22.6. The summed E-state index contributed by atoms with van der Waals surface area (Å²) in [6.07, 6.45) is 0.784. The molecule has 0 atom stereocenters. The minimum Gasteiger partial charge on any atom is -0.495 e. The maximum Gasteiger partial charge on any atom is 0.258 e. The number of methoxy groups -OCH3 is 1. The molecule has 0 bridgehead atoms. The number of carbonyl (C=O) groups is 2. The fraction of sp³-hybridized carbons (Fsp3) is 0.130. The standard InChI is InChI=1S/C23H19Cl2FN2O3/c1-31-21-9-7-17(27-22(29)10-5-14-3-2-4-15(24)11-14)13-20(21)28-23(30)18-8-6-16(25)12-19(18)26/h2-4,6-9,11-13H,5,10H2,1H3,(H,27,29)(H,28,30). The van der Waals surface area contributed by atoms with Crippen molar-refractivity contribution < 1.29 is 18.7 Å². The molecule has 2 amide bonds. The van der Waals surface area contributed by atoms with Crippen LogP contribution in [0.1, 0.15) is 22.3 Å². The molecule has 0 unspecified atom stereocenters. The van der Waals surface area contributed by atoms with E-state index in [0.29, 0.717) is 22.9 Å². The van der Waals surface area contributed by atoms with Crippen LogP contribution in [0, 0.1) is 5.82 Å². The Morgan fingerprint density at radius 2 is 1.74 bits per heavy atom. The molecule has 0 radical (unpaired) electrons. The minimum absolute atomic E-state index is 0.164. The van der Waals surface area contributed by atoms with Crippen molar-refractivity contribution in [1.29, 1.82) is 0 Å². The lowest BCUT2D eigenvalue weighted by Crippen LogP contribution is -2.16. The number of carbonyl (C=O) groups excluding carboxylic acids is 2. The molecular formula is C23H19Cl2FN2O3. The fourth-order valence-electron chi connectivity index (χ4n) is 2.92. The number of rotatable bonds is 7. The predicted molar refractivity (Wildman–Crippen MR) is 121 cm³/mol. The largest absolute Gasteiger partial charge is 0.495 e. The maximum absolute atomic E-state index is 14.0. The van der Waals surface area contributed by atoms with Crippen molar-refractivity contribution in [1.82, 2.24) is 0 Å². The summed E-state index contributed by atoms with van der Waals surface area (Å²) in [6.45, 7) is 0. The molecule has 8 heteroatoms. The van der Waals surface area contributed by atoms with Gasteiger partial charge in [-0.05, 0) is 60.5 Å². The molecule has 3 aromatic rings. The molecule has 2 N–H and O–H groups in total. The summed E-state index contributed by atoms with van der Waals surface area (Å²) >= 11 is 11.7. The fourth-order valence-corrected chi connectivity index (χ4v) is 3.29. The van der Waals surface area contributed by atoms with E-state index in [0.717, 1.165) is 11.6 Å². The topological polar surface area (TPSA) is 67.4 Å². The number of amides is 2. The van der Waals surface area contributed by atoms with E-state index in [2.05, 4.69) is 10.6 Å². The van der Waals surface area contributed by atoms with Gasteiger partial charge in [0.05, 0.1) is 18.4 Å². The Morgan fingerprint density at radius 3 is 2.45 bits per heavy atom. The van der Waals surface area contributed by atoms with Gasteiger partial charge >= 0.3 is 0 Å². The zero-order valence-corrected chi connectivity index (χ0v) is 18.1. The van der Waals surface area contributed by atoms with Crippen LogP contribution < -0.4 is 15.4 Å². The number of nitrogens with one attached hydrogen (secondary N) is 2. The zero-order chi connectivity index (χ0) is 22.4. The molecule has 0 aliphatic carbocycles. The molecule has 0 heterocycles.